The molecule has 2 fully saturated rings. The number of nitrogens with two attached hydrogens (primary N) is 1. The smallest absolute Gasteiger partial charge is 0.231 e. The number of carbonyl (C=O) groups excluding carboxylic acids is 1. The standard InChI is InChI=1S/C25H30N4O3/c1-14-20-21(24(30)29(14)12-15-5-10-18-19(11-15)32-13-31-18)25(2,3)28(4)22(20)16-6-8-17(9-7-16)23(26)27/h5-11,14,20-22H,12-13H2,1-4H3,(H3,26,27)/t14-,20+,21+,22+/m1/s1. The molecule has 5 rings (SSSR count). The molecule has 0 unspecified atom stereocenters. The van der Waals surface area contributed by atoms with Gasteiger partial charge in [0.1, 0.15) is 5.84 Å². The molecule has 3 heterocycles. The molecule has 0 aliphatic carbocycles. The van der Waals surface area contributed by atoms with Gasteiger partial charge in [-0.3, -0.25) is 15.1 Å². The minimum absolute atomic E-state index is 0.0637. The van der Waals surface area contributed by atoms with Crippen molar-refractivity contribution in [3.05, 3.63) is 59.2 Å². The van der Waals surface area contributed by atoms with Crippen molar-refractivity contribution in [1.82, 2.24) is 9.80 Å². The molecule has 7 heteroatoms. The van der Waals surface area contributed by atoms with Crippen LogP contribution in [0.3, 0.4) is 0 Å². The SMILES string of the molecule is C[C@@H]1[C@H]2[C@@H](C(=O)N1Cc1ccc3c(c1)OCO3)C(C)(C)N(C)[C@H]2c1ccc(C(=N)N)cc1. The number of carbonyl (C=O) groups is 1. The third kappa shape index (κ3) is 2.98. The van der Waals surface area contributed by atoms with Gasteiger partial charge in [-0.15, -0.1) is 0 Å². The molecule has 7 nitrogen and oxygen atoms in total. The van der Waals surface area contributed by atoms with Crippen molar-refractivity contribution in [2.45, 2.75) is 44.9 Å². The van der Waals surface area contributed by atoms with Gasteiger partial charge in [-0.05, 0) is 51.1 Å². The van der Waals surface area contributed by atoms with Crippen LogP contribution in [-0.2, 0) is 11.3 Å². The summed E-state index contributed by atoms with van der Waals surface area (Å²) >= 11 is 0. The van der Waals surface area contributed by atoms with Crippen LogP contribution >= 0.6 is 0 Å². The summed E-state index contributed by atoms with van der Waals surface area (Å²) in [5.74, 6) is 1.84. The summed E-state index contributed by atoms with van der Waals surface area (Å²) in [6.45, 7) is 7.31. The van der Waals surface area contributed by atoms with Crippen LogP contribution in [0, 0.1) is 17.2 Å². The predicted molar refractivity (Wildman–Crippen MR) is 122 cm³/mol. The number of nitrogens with zero attached hydrogens (tertiary/aromatic N) is 2. The molecule has 2 aromatic carbocycles. The van der Waals surface area contributed by atoms with Gasteiger partial charge < -0.3 is 20.1 Å². The van der Waals surface area contributed by atoms with E-state index in [-0.39, 0.29) is 48.0 Å². The van der Waals surface area contributed by atoms with Crippen molar-refractivity contribution in [3.63, 3.8) is 0 Å². The highest BCUT2D eigenvalue weighted by atomic mass is 16.7. The molecule has 0 spiro atoms. The van der Waals surface area contributed by atoms with Crippen molar-refractivity contribution in [3.8, 4) is 11.5 Å². The van der Waals surface area contributed by atoms with E-state index in [0.717, 1.165) is 22.6 Å². The van der Waals surface area contributed by atoms with Crippen LogP contribution in [0.2, 0.25) is 0 Å². The van der Waals surface area contributed by atoms with Gasteiger partial charge in [0.2, 0.25) is 12.7 Å². The van der Waals surface area contributed by atoms with Crippen LogP contribution in [0.5, 0.6) is 11.5 Å². The highest BCUT2D eigenvalue weighted by Crippen LogP contribution is 2.56. The fraction of sp³-hybridized carbons (Fsp3) is 0.440. The van der Waals surface area contributed by atoms with E-state index in [4.69, 9.17) is 20.6 Å². The van der Waals surface area contributed by atoms with Crippen LogP contribution in [0.4, 0.5) is 0 Å². The Morgan fingerprint density at radius 1 is 1.16 bits per heavy atom. The number of hydrogen-bond donors (Lipinski definition) is 2. The molecule has 2 aromatic rings. The lowest BCUT2D eigenvalue weighted by atomic mass is 9.79. The molecule has 2 saturated heterocycles. The van der Waals surface area contributed by atoms with Crippen LogP contribution in [0.25, 0.3) is 0 Å². The van der Waals surface area contributed by atoms with Gasteiger partial charge >= 0.3 is 0 Å². The lowest BCUT2D eigenvalue weighted by molar-refractivity contribution is -0.135. The molecular weight excluding hydrogens is 404 g/mol. The summed E-state index contributed by atoms with van der Waals surface area (Å²) in [5, 5.41) is 7.67. The molecule has 0 aromatic heterocycles. The third-order valence-electron chi connectivity index (χ3n) is 7.79. The van der Waals surface area contributed by atoms with Gasteiger partial charge in [0, 0.05) is 35.6 Å². The first-order valence-electron chi connectivity index (χ1n) is 11.1. The topological polar surface area (TPSA) is 91.9 Å². The number of amidine groups is 1. The monoisotopic (exact) mass is 434 g/mol. The first kappa shape index (κ1) is 20.8. The van der Waals surface area contributed by atoms with Crippen molar-refractivity contribution < 1.29 is 14.3 Å². The molecule has 3 N–H and O–H groups in total. The van der Waals surface area contributed by atoms with Gasteiger partial charge in [-0.2, -0.15) is 0 Å². The highest BCUT2D eigenvalue weighted by Gasteiger charge is 2.63. The molecule has 32 heavy (non-hydrogen) atoms. The quantitative estimate of drug-likeness (QED) is 0.570. The Bertz CT molecular complexity index is 1080. The number of fused-ring (bicyclic) bond motifs is 2. The predicted octanol–water partition coefficient (Wildman–Crippen LogP) is 3.13. The van der Waals surface area contributed by atoms with Gasteiger partial charge in [-0.1, -0.05) is 30.3 Å². The highest BCUT2D eigenvalue weighted by molar-refractivity contribution is 5.94. The van der Waals surface area contributed by atoms with E-state index < -0.39 is 0 Å². The summed E-state index contributed by atoms with van der Waals surface area (Å²) < 4.78 is 10.9. The Hall–Kier alpha value is -3.06. The number of nitrogen functional groups attached to an aromatic ring is 1. The second-order valence-electron chi connectivity index (χ2n) is 9.69. The number of benzene rings is 2. The molecule has 3 aliphatic rings. The number of amides is 1. The zero-order valence-electron chi connectivity index (χ0n) is 19.0. The fourth-order valence-corrected chi connectivity index (χ4v) is 5.85. The van der Waals surface area contributed by atoms with Crippen LogP contribution < -0.4 is 15.2 Å². The number of hydrogen-bond acceptors (Lipinski definition) is 5. The zero-order chi connectivity index (χ0) is 22.8. The van der Waals surface area contributed by atoms with Gasteiger partial charge in [0.05, 0.1) is 5.92 Å². The van der Waals surface area contributed by atoms with E-state index in [9.17, 15) is 4.79 Å². The number of nitrogens with one attached hydrogen (secondary N) is 1. The Morgan fingerprint density at radius 2 is 1.84 bits per heavy atom. The normalized spacial score (nSPS) is 28.2. The van der Waals surface area contributed by atoms with E-state index >= 15 is 0 Å². The molecule has 0 radical (unpaired) electrons. The summed E-state index contributed by atoms with van der Waals surface area (Å²) in [7, 11) is 2.12. The number of likely N-dealkylation sites (tertiary alicyclic amines) is 2. The van der Waals surface area contributed by atoms with Crippen molar-refractivity contribution >= 4 is 11.7 Å². The van der Waals surface area contributed by atoms with Crippen LogP contribution in [0.1, 0.15) is 43.5 Å². The Labute approximate surface area is 188 Å². The van der Waals surface area contributed by atoms with Crippen molar-refractivity contribution in [2.75, 3.05) is 13.8 Å². The van der Waals surface area contributed by atoms with Crippen molar-refractivity contribution in [2.24, 2.45) is 17.6 Å². The summed E-state index contributed by atoms with van der Waals surface area (Å²) in [4.78, 5) is 18.1. The maximum Gasteiger partial charge on any atom is 0.231 e. The molecule has 0 saturated carbocycles. The molecule has 168 valence electrons. The summed E-state index contributed by atoms with van der Waals surface area (Å²) in [5.41, 5.74) is 8.28. The maximum absolute atomic E-state index is 13.7. The Morgan fingerprint density at radius 3 is 2.53 bits per heavy atom. The first-order chi connectivity index (χ1) is 15.2. The molecule has 1 amide bonds. The zero-order valence-corrected chi connectivity index (χ0v) is 19.0. The van der Waals surface area contributed by atoms with Gasteiger partial charge in [-0.25, -0.2) is 0 Å². The van der Waals surface area contributed by atoms with Crippen molar-refractivity contribution in [1.29, 1.82) is 5.41 Å². The van der Waals surface area contributed by atoms with E-state index in [1.165, 1.54) is 0 Å². The average Bonchev–Trinajstić information content (AvgIpc) is 3.38. The fourth-order valence-electron chi connectivity index (χ4n) is 5.85. The molecule has 0 bridgehead atoms. The molecular formula is C25H30N4O3. The van der Waals surface area contributed by atoms with E-state index in [2.05, 4.69) is 32.7 Å². The Kier molecular flexibility index (Phi) is 4.71. The van der Waals surface area contributed by atoms with Gasteiger partial charge in [0.15, 0.2) is 11.5 Å². The second kappa shape index (κ2) is 7.24. The van der Waals surface area contributed by atoms with Crippen LogP contribution in [0.15, 0.2) is 42.5 Å². The largest absolute Gasteiger partial charge is 0.454 e. The minimum Gasteiger partial charge on any atom is -0.454 e. The average molecular weight is 435 g/mol. The lowest BCUT2D eigenvalue weighted by Crippen LogP contribution is -2.46. The maximum atomic E-state index is 13.7. The van der Waals surface area contributed by atoms with E-state index in [1.807, 2.05) is 47.4 Å². The summed E-state index contributed by atoms with van der Waals surface area (Å²) in [6, 6.07) is 14.0. The van der Waals surface area contributed by atoms with Crippen LogP contribution in [-0.4, -0.2) is 47.0 Å². The van der Waals surface area contributed by atoms with E-state index in [0.29, 0.717) is 12.1 Å². The summed E-state index contributed by atoms with van der Waals surface area (Å²) in [6.07, 6.45) is 0. The van der Waals surface area contributed by atoms with E-state index in [1.54, 1.807) is 0 Å². The van der Waals surface area contributed by atoms with Gasteiger partial charge in [0.25, 0.3) is 0 Å². The Balaban J connectivity index is 1.47. The first-order valence-corrected chi connectivity index (χ1v) is 11.1. The lowest BCUT2D eigenvalue weighted by Gasteiger charge is -2.37. The second-order valence-corrected chi connectivity index (χ2v) is 9.69. The third-order valence-corrected chi connectivity index (χ3v) is 7.79. The molecule has 4 atom stereocenters. The minimum atomic E-state index is -0.274. The number of rotatable bonds is 4. The molecule has 3 aliphatic heterocycles. The number of ether oxygens (including phenoxy) is 2.